The minimum absolute atomic E-state index is 0.0771. The van der Waals surface area contributed by atoms with Gasteiger partial charge in [0.15, 0.2) is 0 Å². The molecular formula is C14H25N5O. The van der Waals surface area contributed by atoms with Crippen LogP contribution in [0.1, 0.15) is 38.6 Å². The molecule has 1 amide bonds. The van der Waals surface area contributed by atoms with Gasteiger partial charge in [0, 0.05) is 38.0 Å². The van der Waals surface area contributed by atoms with Crippen molar-refractivity contribution in [1.29, 1.82) is 0 Å². The van der Waals surface area contributed by atoms with E-state index in [0.717, 1.165) is 5.56 Å². The molecule has 0 fully saturated rings. The van der Waals surface area contributed by atoms with Crippen LogP contribution in [0.25, 0.3) is 0 Å². The summed E-state index contributed by atoms with van der Waals surface area (Å²) < 4.78 is 0. The Morgan fingerprint density at radius 2 is 1.90 bits per heavy atom. The van der Waals surface area contributed by atoms with Crippen LogP contribution in [0.3, 0.4) is 0 Å². The molecule has 0 aliphatic heterocycles. The molecule has 0 aliphatic carbocycles. The summed E-state index contributed by atoms with van der Waals surface area (Å²) in [6.45, 7) is 8.51. The third kappa shape index (κ3) is 4.08. The number of nitrogens with one attached hydrogen (secondary N) is 1. The van der Waals surface area contributed by atoms with Crippen LogP contribution >= 0.6 is 0 Å². The summed E-state index contributed by atoms with van der Waals surface area (Å²) in [5.41, 5.74) is 6.58. The molecule has 1 aromatic heterocycles. The fourth-order valence-corrected chi connectivity index (χ4v) is 1.55. The van der Waals surface area contributed by atoms with E-state index in [2.05, 4.69) is 15.3 Å². The summed E-state index contributed by atoms with van der Waals surface area (Å²) in [5, 5.41) is 3.17. The van der Waals surface area contributed by atoms with Crippen molar-refractivity contribution in [2.24, 2.45) is 0 Å². The van der Waals surface area contributed by atoms with E-state index in [9.17, 15) is 4.79 Å². The van der Waals surface area contributed by atoms with Gasteiger partial charge < -0.3 is 16.0 Å². The number of hydrogen-bond donors (Lipinski definition) is 2. The Balaban J connectivity index is 2.84. The van der Waals surface area contributed by atoms with Crippen molar-refractivity contribution in [3.05, 3.63) is 11.4 Å². The molecule has 6 heteroatoms. The van der Waals surface area contributed by atoms with Crippen LogP contribution in [-0.2, 0) is 10.2 Å². The lowest BCUT2D eigenvalue weighted by atomic mass is 9.95. The molecule has 112 valence electrons. The number of carbonyl (C=O) groups excluding carboxylic acids is 1. The van der Waals surface area contributed by atoms with Gasteiger partial charge in [-0.2, -0.15) is 0 Å². The first-order valence-corrected chi connectivity index (χ1v) is 6.71. The van der Waals surface area contributed by atoms with E-state index in [0.29, 0.717) is 30.4 Å². The normalized spacial score (nSPS) is 11.3. The van der Waals surface area contributed by atoms with Crippen molar-refractivity contribution in [3.63, 3.8) is 0 Å². The number of anilines is 2. The van der Waals surface area contributed by atoms with Crippen molar-refractivity contribution in [2.75, 3.05) is 31.7 Å². The summed E-state index contributed by atoms with van der Waals surface area (Å²) in [6.07, 6.45) is 0.418. The van der Waals surface area contributed by atoms with E-state index in [-0.39, 0.29) is 11.3 Å². The highest BCUT2D eigenvalue weighted by Crippen LogP contribution is 2.24. The zero-order valence-electron chi connectivity index (χ0n) is 13.2. The minimum Gasteiger partial charge on any atom is -0.383 e. The zero-order chi connectivity index (χ0) is 15.5. The summed E-state index contributed by atoms with van der Waals surface area (Å²) in [6, 6.07) is 0. The molecule has 1 heterocycles. The number of aromatic nitrogens is 2. The van der Waals surface area contributed by atoms with E-state index in [1.807, 2.05) is 27.7 Å². The molecule has 1 rings (SSSR count). The van der Waals surface area contributed by atoms with Gasteiger partial charge >= 0.3 is 0 Å². The second-order valence-electron chi connectivity index (χ2n) is 6.12. The molecule has 0 unspecified atom stereocenters. The molecule has 0 spiro atoms. The molecule has 0 saturated heterocycles. The van der Waals surface area contributed by atoms with Crippen LogP contribution in [0.4, 0.5) is 11.6 Å². The highest BCUT2D eigenvalue weighted by molar-refractivity contribution is 5.76. The number of nitrogens with two attached hydrogens (primary N) is 1. The first-order valence-electron chi connectivity index (χ1n) is 6.71. The molecular weight excluding hydrogens is 254 g/mol. The molecule has 20 heavy (non-hydrogen) atoms. The Bertz CT molecular complexity index is 491. The van der Waals surface area contributed by atoms with Crippen LogP contribution in [0, 0.1) is 6.92 Å². The van der Waals surface area contributed by atoms with Crippen LogP contribution in [-0.4, -0.2) is 41.4 Å². The topological polar surface area (TPSA) is 84.1 Å². The number of rotatable bonds is 4. The molecule has 0 atom stereocenters. The summed E-state index contributed by atoms with van der Waals surface area (Å²) in [4.78, 5) is 22.0. The standard InChI is InChI=1S/C14H25N5O/c1-9-11(15)17-13(14(2,3)4)18-12(9)16-8-7-10(20)19(5)6/h7-8H2,1-6H3,(H3,15,16,17,18). The lowest BCUT2D eigenvalue weighted by Crippen LogP contribution is -2.25. The number of hydrogen-bond acceptors (Lipinski definition) is 5. The molecule has 3 N–H and O–H groups in total. The van der Waals surface area contributed by atoms with Crippen LogP contribution in [0.15, 0.2) is 0 Å². The highest BCUT2D eigenvalue weighted by atomic mass is 16.2. The third-order valence-electron chi connectivity index (χ3n) is 2.98. The average molecular weight is 279 g/mol. The first kappa shape index (κ1) is 16.2. The van der Waals surface area contributed by atoms with Gasteiger partial charge in [-0.3, -0.25) is 4.79 Å². The SMILES string of the molecule is Cc1c(N)nc(C(C)(C)C)nc1NCCC(=O)N(C)C. The quantitative estimate of drug-likeness (QED) is 0.873. The number of nitrogens with zero attached hydrogens (tertiary/aromatic N) is 3. The number of carbonyl (C=O) groups is 1. The van der Waals surface area contributed by atoms with Crippen LogP contribution in [0.2, 0.25) is 0 Å². The van der Waals surface area contributed by atoms with Crippen molar-refractivity contribution in [2.45, 2.75) is 39.5 Å². The third-order valence-corrected chi connectivity index (χ3v) is 2.98. The van der Waals surface area contributed by atoms with E-state index in [1.54, 1.807) is 19.0 Å². The maximum Gasteiger partial charge on any atom is 0.223 e. The maximum atomic E-state index is 11.5. The Morgan fingerprint density at radius 3 is 2.40 bits per heavy atom. The van der Waals surface area contributed by atoms with Gasteiger partial charge in [-0.05, 0) is 6.92 Å². The van der Waals surface area contributed by atoms with Crippen molar-refractivity contribution in [1.82, 2.24) is 14.9 Å². The molecule has 0 radical (unpaired) electrons. The predicted molar refractivity (Wildman–Crippen MR) is 81.7 cm³/mol. The van der Waals surface area contributed by atoms with Gasteiger partial charge in [0.2, 0.25) is 5.91 Å². The second-order valence-corrected chi connectivity index (χ2v) is 6.12. The monoisotopic (exact) mass is 279 g/mol. The Kier molecular flexibility index (Phi) is 4.92. The van der Waals surface area contributed by atoms with E-state index < -0.39 is 0 Å². The number of amides is 1. The number of nitrogen functional groups attached to an aromatic ring is 1. The van der Waals surface area contributed by atoms with Crippen molar-refractivity contribution in [3.8, 4) is 0 Å². The average Bonchev–Trinajstić information content (AvgIpc) is 2.32. The maximum absolute atomic E-state index is 11.5. The lowest BCUT2D eigenvalue weighted by Gasteiger charge is -2.20. The largest absolute Gasteiger partial charge is 0.383 e. The Labute approximate surface area is 120 Å². The summed E-state index contributed by atoms with van der Waals surface area (Å²) in [5.74, 6) is 1.95. The fourth-order valence-electron chi connectivity index (χ4n) is 1.55. The van der Waals surface area contributed by atoms with Crippen molar-refractivity contribution < 1.29 is 4.79 Å². The van der Waals surface area contributed by atoms with Crippen molar-refractivity contribution >= 4 is 17.5 Å². The van der Waals surface area contributed by atoms with E-state index in [4.69, 9.17) is 5.73 Å². The predicted octanol–water partition coefficient (Wildman–Crippen LogP) is 1.55. The van der Waals surface area contributed by atoms with Gasteiger partial charge in [0.25, 0.3) is 0 Å². The lowest BCUT2D eigenvalue weighted by molar-refractivity contribution is -0.128. The molecule has 0 saturated carbocycles. The Morgan fingerprint density at radius 1 is 1.30 bits per heavy atom. The van der Waals surface area contributed by atoms with E-state index >= 15 is 0 Å². The molecule has 0 aromatic carbocycles. The van der Waals surface area contributed by atoms with Gasteiger partial charge in [0.1, 0.15) is 17.5 Å². The second kappa shape index (κ2) is 6.07. The smallest absolute Gasteiger partial charge is 0.223 e. The van der Waals surface area contributed by atoms with Gasteiger partial charge in [-0.1, -0.05) is 20.8 Å². The molecule has 1 aromatic rings. The minimum atomic E-state index is -0.169. The molecule has 0 aliphatic rings. The van der Waals surface area contributed by atoms with Crippen LogP contribution < -0.4 is 11.1 Å². The van der Waals surface area contributed by atoms with Gasteiger partial charge in [-0.15, -0.1) is 0 Å². The molecule has 6 nitrogen and oxygen atoms in total. The first-order chi connectivity index (χ1) is 9.12. The zero-order valence-corrected chi connectivity index (χ0v) is 13.2. The summed E-state index contributed by atoms with van der Waals surface area (Å²) >= 11 is 0. The van der Waals surface area contributed by atoms with Crippen LogP contribution in [0.5, 0.6) is 0 Å². The molecule has 0 bridgehead atoms. The highest BCUT2D eigenvalue weighted by Gasteiger charge is 2.20. The fraction of sp³-hybridized carbons (Fsp3) is 0.643. The van der Waals surface area contributed by atoms with Gasteiger partial charge in [-0.25, -0.2) is 9.97 Å². The van der Waals surface area contributed by atoms with Gasteiger partial charge in [0.05, 0.1) is 0 Å². The summed E-state index contributed by atoms with van der Waals surface area (Å²) in [7, 11) is 3.49. The Hall–Kier alpha value is -1.85. The van der Waals surface area contributed by atoms with E-state index in [1.165, 1.54) is 0 Å².